The number of nitrogens with zero attached hydrogens (tertiary/aromatic N) is 1. The second-order valence-corrected chi connectivity index (χ2v) is 7.09. The van der Waals surface area contributed by atoms with E-state index in [0.717, 1.165) is 18.5 Å². The third kappa shape index (κ3) is 3.79. The first-order valence-electron chi connectivity index (χ1n) is 6.82. The molecule has 1 saturated heterocycles. The van der Waals surface area contributed by atoms with Crippen molar-refractivity contribution in [2.75, 3.05) is 16.8 Å². The zero-order valence-electron chi connectivity index (χ0n) is 11.8. The van der Waals surface area contributed by atoms with Crippen LogP contribution in [0.15, 0.2) is 12.1 Å². The highest BCUT2D eigenvalue weighted by atomic mass is 32.2. The van der Waals surface area contributed by atoms with E-state index in [9.17, 15) is 9.00 Å². The van der Waals surface area contributed by atoms with Crippen molar-refractivity contribution in [2.45, 2.75) is 38.6 Å². The lowest BCUT2D eigenvalue weighted by molar-refractivity contribution is 0.0696. The summed E-state index contributed by atoms with van der Waals surface area (Å²) >= 11 is 0. The summed E-state index contributed by atoms with van der Waals surface area (Å²) in [6.07, 6.45) is 1.67. The Balaban J connectivity index is 2.17. The van der Waals surface area contributed by atoms with E-state index >= 15 is 0 Å². The van der Waals surface area contributed by atoms with E-state index in [1.165, 1.54) is 0 Å². The summed E-state index contributed by atoms with van der Waals surface area (Å²) < 4.78 is 11.3. The molecule has 0 spiro atoms. The van der Waals surface area contributed by atoms with Crippen LogP contribution in [0.3, 0.4) is 0 Å². The van der Waals surface area contributed by atoms with Crippen molar-refractivity contribution >= 4 is 22.6 Å². The van der Waals surface area contributed by atoms with E-state index in [0.29, 0.717) is 17.3 Å². The van der Waals surface area contributed by atoms with E-state index < -0.39 is 16.8 Å². The van der Waals surface area contributed by atoms with Crippen LogP contribution in [-0.4, -0.2) is 37.8 Å². The van der Waals surface area contributed by atoms with Crippen LogP contribution in [-0.2, 0) is 10.8 Å². The van der Waals surface area contributed by atoms with Gasteiger partial charge in [-0.1, -0.05) is 13.8 Å². The first-order chi connectivity index (χ1) is 9.45. The number of aromatic carboxylic acids is 1. The van der Waals surface area contributed by atoms with Crippen LogP contribution in [0.1, 0.15) is 48.7 Å². The third-order valence-electron chi connectivity index (χ3n) is 3.42. The number of aromatic nitrogens is 1. The number of rotatable bonds is 4. The van der Waals surface area contributed by atoms with Crippen molar-refractivity contribution in [2.24, 2.45) is 0 Å². The molecule has 20 heavy (non-hydrogen) atoms. The molecule has 0 bridgehead atoms. The number of anilines is 1. The molecule has 1 aliphatic rings. The average Bonchev–Trinajstić information content (AvgIpc) is 2.41. The fourth-order valence-corrected chi connectivity index (χ4v) is 3.49. The van der Waals surface area contributed by atoms with Gasteiger partial charge in [0.2, 0.25) is 0 Å². The molecule has 5 nitrogen and oxygen atoms in total. The molecular formula is C14H20N2O3S. The predicted molar refractivity (Wildman–Crippen MR) is 79.8 cm³/mol. The van der Waals surface area contributed by atoms with Gasteiger partial charge in [0.25, 0.3) is 0 Å². The minimum absolute atomic E-state index is 0.175. The van der Waals surface area contributed by atoms with Gasteiger partial charge in [0.05, 0.1) is 5.56 Å². The molecule has 0 aromatic carbocycles. The van der Waals surface area contributed by atoms with Gasteiger partial charge >= 0.3 is 5.97 Å². The van der Waals surface area contributed by atoms with Crippen LogP contribution in [0, 0.1) is 0 Å². The fraction of sp³-hybridized carbons (Fsp3) is 0.571. The zero-order chi connectivity index (χ0) is 14.7. The van der Waals surface area contributed by atoms with Crippen LogP contribution >= 0.6 is 0 Å². The van der Waals surface area contributed by atoms with Gasteiger partial charge in [-0.05, 0) is 30.9 Å². The van der Waals surface area contributed by atoms with Gasteiger partial charge < -0.3 is 10.4 Å². The molecule has 0 unspecified atom stereocenters. The maximum absolute atomic E-state index is 11.3. The molecule has 6 heteroatoms. The maximum Gasteiger partial charge on any atom is 0.335 e. The highest BCUT2D eigenvalue weighted by Crippen LogP contribution is 2.20. The monoisotopic (exact) mass is 296 g/mol. The Bertz CT molecular complexity index is 521. The highest BCUT2D eigenvalue weighted by Gasteiger charge is 2.19. The molecule has 1 fully saturated rings. The molecule has 0 atom stereocenters. The summed E-state index contributed by atoms with van der Waals surface area (Å²) in [7, 11) is -0.697. The third-order valence-corrected chi connectivity index (χ3v) is 4.81. The Kier molecular flexibility index (Phi) is 4.75. The SMILES string of the molecule is CC(C)c1cc(C(=O)O)cc(NC2CCS(=O)CC2)n1. The number of nitrogens with one attached hydrogen (secondary N) is 1. The number of hydrogen-bond donors (Lipinski definition) is 2. The molecule has 0 aliphatic carbocycles. The van der Waals surface area contributed by atoms with Crippen molar-refractivity contribution < 1.29 is 14.1 Å². The molecule has 1 aromatic heterocycles. The number of hydrogen-bond acceptors (Lipinski definition) is 4. The van der Waals surface area contributed by atoms with Crippen LogP contribution in [0.25, 0.3) is 0 Å². The second-order valence-electron chi connectivity index (χ2n) is 5.39. The minimum atomic E-state index is -0.943. The lowest BCUT2D eigenvalue weighted by Crippen LogP contribution is -2.29. The van der Waals surface area contributed by atoms with Crippen LogP contribution in [0.4, 0.5) is 5.82 Å². The smallest absolute Gasteiger partial charge is 0.335 e. The standard InChI is InChI=1S/C14H20N2O3S/c1-9(2)12-7-10(14(17)18)8-13(16-12)15-11-3-5-20(19)6-4-11/h7-9,11H,3-6H2,1-2H3,(H,15,16)(H,17,18). The highest BCUT2D eigenvalue weighted by molar-refractivity contribution is 7.85. The van der Waals surface area contributed by atoms with Crippen molar-refractivity contribution in [3.05, 3.63) is 23.4 Å². The summed E-state index contributed by atoms with van der Waals surface area (Å²) in [4.78, 5) is 15.6. The van der Waals surface area contributed by atoms with Gasteiger partial charge in [0.1, 0.15) is 5.82 Å². The second kappa shape index (κ2) is 6.35. The number of carboxylic acids is 1. The topological polar surface area (TPSA) is 79.3 Å². The minimum Gasteiger partial charge on any atom is -0.478 e. The fourth-order valence-electron chi connectivity index (χ4n) is 2.19. The normalized spacial score (nSPS) is 22.8. The molecule has 2 N–H and O–H groups in total. The molecule has 1 aliphatic heterocycles. The van der Waals surface area contributed by atoms with Crippen LogP contribution < -0.4 is 5.32 Å². The van der Waals surface area contributed by atoms with Crippen molar-refractivity contribution in [3.63, 3.8) is 0 Å². The molecular weight excluding hydrogens is 276 g/mol. The summed E-state index contributed by atoms with van der Waals surface area (Å²) in [5.41, 5.74) is 1.03. The first kappa shape index (κ1) is 15.0. The van der Waals surface area contributed by atoms with Gasteiger partial charge in [-0.3, -0.25) is 4.21 Å². The Hall–Kier alpha value is -1.43. The molecule has 0 saturated carbocycles. The summed E-state index contributed by atoms with van der Waals surface area (Å²) in [6, 6.07) is 3.41. The first-order valence-corrected chi connectivity index (χ1v) is 8.31. The number of pyridine rings is 1. The maximum atomic E-state index is 11.3. The molecule has 1 aromatic rings. The summed E-state index contributed by atoms with van der Waals surface area (Å²) in [5, 5.41) is 12.4. The Morgan fingerprint density at radius 1 is 1.40 bits per heavy atom. The lowest BCUT2D eigenvalue weighted by atomic mass is 10.1. The number of carboxylic acid groups (broad SMARTS) is 1. The average molecular weight is 296 g/mol. The van der Waals surface area contributed by atoms with Gasteiger partial charge in [-0.15, -0.1) is 0 Å². The molecule has 0 radical (unpaired) electrons. The molecule has 110 valence electrons. The van der Waals surface area contributed by atoms with Crippen molar-refractivity contribution in [3.8, 4) is 0 Å². The Labute approximate surface area is 121 Å². The van der Waals surface area contributed by atoms with E-state index in [4.69, 9.17) is 5.11 Å². The number of carbonyl (C=O) groups is 1. The summed E-state index contributed by atoms with van der Waals surface area (Å²) in [5.74, 6) is 1.24. The van der Waals surface area contributed by atoms with E-state index in [2.05, 4.69) is 10.3 Å². The Morgan fingerprint density at radius 3 is 2.60 bits per heavy atom. The van der Waals surface area contributed by atoms with E-state index in [1.807, 2.05) is 13.8 Å². The van der Waals surface area contributed by atoms with E-state index in [1.54, 1.807) is 12.1 Å². The predicted octanol–water partition coefficient (Wildman–Crippen LogP) is 2.23. The summed E-state index contributed by atoms with van der Waals surface area (Å²) in [6.45, 7) is 3.98. The largest absolute Gasteiger partial charge is 0.478 e. The molecule has 2 heterocycles. The Morgan fingerprint density at radius 2 is 2.05 bits per heavy atom. The van der Waals surface area contributed by atoms with E-state index in [-0.39, 0.29) is 17.5 Å². The van der Waals surface area contributed by atoms with Gasteiger partial charge in [-0.25, -0.2) is 9.78 Å². The molecule has 0 amide bonds. The zero-order valence-corrected chi connectivity index (χ0v) is 12.6. The van der Waals surface area contributed by atoms with Gasteiger partial charge in [-0.2, -0.15) is 0 Å². The van der Waals surface area contributed by atoms with Crippen molar-refractivity contribution in [1.29, 1.82) is 0 Å². The van der Waals surface area contributed by atoms with Crippen LogP contribution in [0.2, 0.25) is 0 Å². The molecule has 2 rings (SSSR count). The van der Waals surface area contributed by atoms with Gasteiger partial charge in [0, 0.05) is 34.0 Å². The lowest BCUT2D eigenvalue weighted by Gasteiger charge is -2.23. The quantitative estimate of drug-likeness (QED) is 0.890. The van der Waals surface area contributed by atoms with Crippen LogP contribution in [0.5, 0.6) is 0 Å². The van der Waals surface area contributed by atoms with Gasteiger partial charge in [0.15, 0.2) is 0 Å². The van der Waals surface area contributed by atoms with Crippen molar-refractivity contribution in [1.82, 2.24) is 4.98 Å².